The molecule has 1 aromatic heterocycles. The molecular formula is C12H19N3OS. The van der Waals surface area contributed by atoms with Gasteiger partial charge in [-0.3, -0.25) is 9.48 Å². The first-order chi connectivity index (χ1) is 8.13. The Morgan fingerprint density at radius 3 is 2.94 bits per heavy atom. The van der Waals surface area contributed by atoms with Crippen LogP contribution in [-0.2, 0) is 18.3 Å². The molecule has 0 atom stereocenters. The van der Waals surface area contributed by atoms with E-state index in [0.717, 1.165) is 30.6 Å². The maximum atomic E-state index is 11.7. The molecule has 0 aromatic carbocycles. The normalized spacial score (nSPS) is 16.8. The SMILES string of the molecule is Cn1cc(CCNC(=O)CC2(CS)CC2)cn1. The van der Waals surface area contributed by atoms with Gasteiger partial charge in [0.1, 0.15) is 0 Å². The number of aromatic nitrogens is 2. The van der Waals surface area contributed by atoms with Crippen LogP contribution in [0.2, 0.25) is 0 Å². The van der Waals surface area contributed by atoms with Crippen molar-refractivity contribution in [3.05, 3.63) is 18.0 Å². The molecule has 1 fully saturated rings. The van der Waals surface area contributed by atoms with E-state index in [2.05, 4.69) is 23.0 Å². The van der Waals surface area contributed by atoms with Gasteiger partial charge in [0.05, 0.1) is 6.20 Å². The predicted molar refractivity (Wildman–Crippen MR) is 70.1 cm³/mol. The first-order valence-electron chi connectivity index (χ1n) is 5.99. The van der Waals surface area contributed by atoms with Crippen molar-refractivity contribution in [3.8, 4) is 0 Å². The first-order valence-corrected chi connectivity index (χ1v) is 6.62. The van der Waals surface area contributed by atoms with Gasteiger partial charge in [-0.25, -0.2) is 0 Å². The number of carbonyl (C=O) groups is 1. The van der Waals surface area contributed by atoms with E-state index in [0.29, 0.717) is 13.0 Å². The molecule has 1 aromatic rings. The molecule has 0 aliphatic heterocycles. The van der Waals surface area contributed by atoms with Gasteiger partial charge >= 0.3 is 0 Å². The summed E-state index contributed by atoms with van der Waals surface area (Å²) >= 11 is 4.30. The average Bonchev–Trinajstić information content (AvgIpc) is 2.95. The summed E-state index contributed by atoms with van der Waals surface area (Å²) in [6.07, 6.45) is 7.57. The molecule has 1 aliphatic carbocycles. The second-order valence-corrected chi connectivity index (χ2v) is 5.27. The molecule has 0 radical (unpaired) electrons. The van der Waals surface area contributed by atoms with Crippen LogP contribution in [0.3, 0.4) is 0 Å². The highest BCUT2D eigenvalue weighted by atomic mass is 32.1. The van der Waals surface area contributed by atoms with Crippen LogP contribution in [-0.4, -0.2) is 28.0 Å². The summed E-state index contributed by atoms with van der Waals surface area (Å²) in [7, 11) is 1.89. The summed E-state index contributed by atoms with van der Waals surface area (Å²) in [5, 5.41) is 7.05. The minimum Gasteiger partial charge on any atom is -0.356 e. The largest absolute Gasteiger partial charge is 0.356 e. The molecule has 0 bridgehead atoms. The van der Waals surface area contributed by atoms with E-state index in [1.807, 2.05) is 19.4 Å². The van der Waals surface area contributed by atoms with E-state index in [1.54, 1.807) is 4.68 Å². The fourth-order valence-electron chi connectivity index (χ4n) is 1.92. The molecule has 5 heteroatoms. The van der Waals surface area contributed by atoms with Gasteiger partial charge in [-0.15, -0.1) is 0 Å². The van der Waals surface area contributed by atoms with E-state index < -0.39 is 0 Å². The van der Waals surface area contributed by atoms with Crippen molar-refractivity contribution in [1.29, 1.82) is 0 Å². The standard InChI is InChI=1S/C12H19N3OS/c1-15-8-10(7-14-15)2-5-13-11(16)6-12(9-17)3-4-12/h7-8,17H,2-6,9H2,1H3,(H,13,16). The molecule has 17 heavy (non-hydrogen) atoms. The number of carbonyl (C=O) groups excluding carboxylic acids is 1. The molecule has 1 N–H and O–H groups in total. The monoisotopic (exact) mass is 253 g/mol. The van der Waals surface area contributed by atoms with Gasteiger partial charge in [-0.1, -0.05) is 0 Å². The second kappa shape index (κ2) is 5.12. The lowest BCUT2D eigenvalue weighted by Crippen LogP contribution is -2.28. The zero-order valence-corrected chi connectivity index (χ0v) is 11.0. The smallest absolute Gasteiger partial charge is 0.220 e. The van der Waals surface area contributed by atoms with Gasteiger partial charge in [0.2, 0.25) is 5.91 Å². The van der Waals surface area contributed by atoms with Gasteiger partial charge in [-0.2, -0.15) is 17.7 Å². The Bertz CT molecular complexity index is 398. The van der Waals surface area contributed by atoms with Crippen molar-refractivity contribution >= 4 is 18.5 Å². The van der Waals surface area contributed by atoms with E-state index >= 15 is 0 Å². The van der Waals surface area contributed by atoms with Crippen molar-refractivity contribution in [2.24, 2.45) is 12.5 Å². The molecule has 2 rings (SSSR count). The van der Waals surface area contributed by atoms with Crippen molar-refractivity contribution in [2.45, 2.75) is 25.7 Å². The summed E-state index contributed by atoms with van der Waals surface area (Å²) in [6, 6.07) is 0. The highest BCUT2D eigenvalue weighted by Gasteiger charge is 2.42. The molecular weight excluding hydrogens is 234 g/mol. The molecule has 94 valence electrons. The Labute approximate surface area is 107 Å². The molecule has 1 amide bonds. The van der Waals surface area contributed by atoms with Crippen LogP contribution in [0.1, 0.15) is 24.8 Å². The molecule has 1 heterocycles. The summed E-state index contributed by atoms with van der Waals surface area (Å²) in [6.45, 7) is 0.688. The number of nitrogens with zero attached hydrogens (tertiary/aromatic N) is 2. The van der Waals surface area contributed by atoms with E-state index in [1.165, 1.54) is 0 Å². The van der Waals surface area contributed by atoms with Gasteiger partial charge in [0, 0.05) is 26.2 Å². The number of hydrogen-bond acceptors (Lipinski definition) is 3. The highest BCUT2D eigenvalue weighted by molar-refractivity contribution is 7.80. The Hall–Kier alpha value is -0.970. The number of hydrogen-bond donors (Lipinski definition) is 2. The molecule has 0 unspecified atom stereocenters. The van der Waals surface area contributed by atoms with E-state index in [4.69, 9.17) is 0 Å². The van der Waals surface area contributed by atoms with Crippen molar-refractivity contribution in [2.75, 3.05) is 12.3 Å². The van der Waals surface area contributed by atoms with Crippen LogP contribution in [0.15, 0.2) is 12.4 Å². The zero-order valence-electron chi connectivity index (χ0n) is 10.1. The number of rotatable bonds is 6. The van der Waals surface area contributed by atoms with Crippen molar-refractivity contribution in [1.82, 2.24) is 15.1 Å². The van der Waals surface area contributed by atoms with Gasteiger partial charge in [0.15, 0.2) is 0 Å². The number of amides is 1. The summed E-state index contributed by atoms with van der Waals surface area (Å²) in [4.78, 5) is 11.7. The zero-order chi connectivity index (χ0) is 12.3. The van der Waals surface area contributed by atoms with Crippen LogP contribution in [0.4, 0.5) is 0 Å². The molecule has 1 aliphatic rings. The third-order valence-electron chi connectivity index (χ3n) is 3.32. The summed E-state index contributed by atoms with van der Waals surface area (Å²) < 4.78 is 1.78. The fraction of sp³-hybridized carbons (Fsp3) is 0.667. The Kier molecular flexibility index (Phi) is 3.76. The van der Waals surface area contributed by atoms with Crippen LogP contribution >= 0.6 is 12.6 Å². The summed E-state index contributed by atoms with van der Waals surface area (Å²) in [5.41, 5.74) is 1.37. The third-order valence-corrected chi connectivity index (χ3v) is 3.99. The second-order valence-electron chi connectivity index (χ2n) is 4.96. The molecule has 0 spiro atoms. The lowest BCUT2D eigenvalue weighted by Gasteiger charge is -2.11. The van der Waals surface area contributed by atoms with Gasteiger partial charge in [0.25, 0.3) is 0 Å². The van der Waals surface area contributed by atoms with Crippen molar-refractivity contribution < 1.29 is 4.79 Å². The van der Waals surface area contributed by atoms with Crippen molar-refractivity contribution in [3.63, 3.8) is 0 Å². The van der Waals surface area contributed by atoms with Crippen LogP contribution in [0.5, 0.6) is 0 Å². The maximum absolute atomic E-state index is 11.7. The number of nitrogens with one attached hydrogen (secondary N) is 1. The first kappa shape index (κ1) is 12.5. The average molecular weight is 253 g/mol. The Morgan fingerprint density at radius 1 is 1.65 bits per heavy atom. The third kappa shape index (κ3) is 3.49. The van der Waals surface area contributed by atoms with Crippen LogP contribution in [0, 0.1) is 5.41 Å². The molecule has 1 saturated carbocycles. The molecule has 4 nitrogen and oxygen atoms in total. The Morgan fingerprint density at radius 2 is 2.41 bits per heavy atom. The lowest BCUT2D eigenvalue weighted by atomic mass is 10.1. The van der Waals surface area contributed by atoms with E-state index in [-0.39, 0.29) is 11.3 Å². The number of thiol groups is 1. The van der Waals surface area contributed by atoms with E-state index in [9.17, 15) is 4.79 Å². The van der Waals surface area contributed by atoms with Gasteiger partial charge < -0.3 is 5.32 Å². The quantitative estimate of drug-likeness (QED) is 0.748. The molecule has 0 saturated heterocycles. The highest BCUT2D eigenvalue weighted by Crippen LogP contribution is 2.49. The van der Waals surface area contributed by atoms with Crippen LogP contribution < -0.4 is 5.32 Å². The predicted octanol–water partition coefficient (Wildman–Crippen LogP) is 1.18. The number of aryl methyl sites for hydroxylation is 1. The van der Waals surface area contributed by atoms with Crippen LogP contribution in [0.25, 0.3) is 0 Å². The van der Waals surface area contributed by atoms with Gasteiger partial charge in [-0.05, 0) is 36.0 Å². The minimum atomic E-state index is 0.153. The summed E-state index contributed by atoms with van der Waals surface area (Å²) in [5.74, 6) is 0.976. The maximum Gasteiger partial charge on any atom is 0.220 e. The Balaban J connectivity index is 1.66. The fourth-order valence-corrected chi connectivity index (χ4v) is 2.35. The minimum absolute atomic E-state index is 0.153. The lowest BCUT2D eigenvalue weighted by molar-refractivity contribution is -0.122. The topological polar surface area (TPSA) is 46.9 Å².